The zero-order valence-corrected chi connectivity index (χ0v) is 13.1. The second-order valence-electron chi connectivity index (χ2n) is 5.44. The number of carbonyl (C=O) groups is 1. The molecule has 0 aliphatic heterocycles. The Labute approximate surface area is 119 Å². The molecule has 112 valence electrons. The molecular weight excluding hydrogens is 236 g/mol. The highest BCUT2D eigenvalue weighted by molar-refractivity contribution is 5.65. The van der Waals surface area contributed by atoms with Gasteiger partial charge in [0.15, 0.2) is 0 Å². The Bertz CT molecular complexity index is 233. The first-order valence-corrected chi connectivity index (χ1v) is 7.96. The van der Waals surface area contributed by atoms with Crippen molar-refractivity contribution in [3.05, 3.63) is 12.2 Å². The van der Waals surface area contributed by atoms with E-state index in [-0.39, 0.29) is 5.97 Å². The third-order valence-electron chi connectivity index (χ3n) is 3.30. The Morgan fingerprint density at radius 3 is 2.47 bits per heavy atom. The largest absolute Gasteiger partial charge is 0.466 e. The minimum Gasteiger partial charge on any atom is -0.466 e. The first-order valence-electron chi connectivity index (χ1n) is 7.96. The van der Waals surface area contributed by atoms with E-state index in [0.29, 0.717) is 6.61 Å². The van der Waals surface area contributed by atoms with Crippen LogP contribution in [0.1, 0.15) is 78.6 Å². The van der Waals surface area contributed by atoms with Crippen molar-refractivity contribution in [2.75, 3.05) is 6.61 Å². The third-order valence-corrected chi connectivity index (χ3v) is 3.30. The Balaban J connectivity index is 3.24. The number of hydrogen-bond donors (Lipinski definition) is 0. The summed E-state index contributed by atoms with van der Waals surface area (Å²) in [6, 6.07) is 0. The SMILES string of the molecule is CCCC/C=C\C(C)CCCCCCCOC(C)=O. The van der Waals surface area contributed by atoms with Crippen molar-refractivity contribution >= 4 is 5.97 Å². The van der Waals surface area contributed by atoms with Gasteiger partial charge >= 0.3 is 5.97 Å². The van der Waals surface area contributed by atoms with E-state index in [1.807, 2.05) is 0 Å². The molecule has 1 unspecified atom stereocenters. The quantitative estimate of drug-likeness (QED) is 0.274. The number of hydrogen-bond acceptors (Lipinski definition) is 2. The van der Waals surface area contributed by atoms with Crippen LogP contribution in [0.3, 0.4) is 0 Å². The summed E-state index contributed by atoms with van der Waals surface area (Å²) in [4.78, 5) is 10.6. The number of unbranched alkanes of at least 4 members (excludes halogenated alkanes) is 6. The average Bonchev–Trinajstić information content (AvgIpc) is 2.37. The fraction of sp³-hybridized carbons (Fsp3) is 0.824. The number of rotatable bonds is 12. The molecule has 1 atom stereocenters. The van der Waals surface area contributed by atoms with Crippen molar-refractivity contribution in [3.8, 4) is 0 Å². The van der Waals surface area contributed by atoms with E-state index in [0.717, 1.165) is 12.3 Å². The van der Waals surface area contributed by atoms with Crippen LogP contribution in [0.25, 0.3) is 0 Å². The van der Waals surface area contributed by atoms with Crippen molar-refractivity contribution in [2.24, 2.45) is 5.92 Å². The molecule has 2 heteroatoms. The fourth-order valence-corrected chi connectivity index (χ4v) is 2.06. The lowest BCUT2D eigenvalue weighted by Crippen LogP contribution is -2.00. The molecule has 2 nitrogen and oxygen atoms in total. The van der Waals surface area contributed by atoms with Gasteiger partial charge in [-0.2, -0.15) is 0 Å². The highest BCUT2D eigenvalue weighted by Crippen LogP contribution is 2.13. The lowest BCUT2D eigenvalue weighted by Gasteiger charge is -2.06. The van der Waals surface area contributed by atoms with Gasteiger partial charge in [0.2, 0.25) is 0 Å². The summed E-state index contributed by atoms with van der Waals surface area (Å²) >= 11 is 0. The van der Waals surface area contributed by atoms with Crippen molar-refractivity contribution in [1.29, 1.82) is 0 Å². The lowest BCUT2D eigenvalue weighted by molar-refractivity contribution is -0.141. The van der Waals surface area contributed by atoms with Gasteiger partial charge in [0, 0.05) is 6.92 Å². The van der Waals surface area contributed by atoms with E-state index in [9.17, 15) is 4.79 Å². The zero-order valence-electron chi connectivity index (χ0n) is 13.1. The van der Waals surface area contributed by atoms with E-state index in [1.165, 1.54) is 58.3 Å². The molecular formula is C17H32O2. The van der Waals surface area contributed by atoms with Gasteiger partial charge in [0.25, 0.3) is 0 Å². The van der Waals surface area contributed by atoms with Crippen molar-refractivity contribution < 1.29 is 9.53 Å². The van der Waals surface area contributed by atoms with E-state index in [2.05, 4.69) is 26.0 Å². The van der Waals surface area contributed by atoms with Gasteiger partial charge in [-0.15, -0.1) is 0 Å². The van der Waals surface area contributed by atoms with Gasteiger partial charge in [0.1, 0.15) is 0 Å². The number of carbonyl (C=O) groups excluding carboxylic acids is 1. The Morgan fingerprint density at radius 1 is 1.11 bits per heavy atom. The molecule has 0 aromatic carbocycles. The topological polar surface area (TPSA) is 26.3 Å². The normalized spacial score (nSPS) is 12.8. The van der Waals surface area contributed by atoms with Crippen LogP contribution in [0, 0.1) is 5.92 Å². The fourth-order valence-electron chi connectivity index (χ4n) is 2.06. The second kappa shape index (κ2) is 13.6. The maximum absolute atomic E-state index is 10.6. The van der Waals surface area contributed by atoms with Crippen LogP contribution in [0.2, 0.25) is 0 Å². The summed E-state index contributed by atoms with van der Waals surface area (Å²) in [7, 11) is 0. The monoisotopic (exact) mass is 268 g/mol. The second-order valence-corrected chi connectivity index (χ2v) is 5.44. The molecule has 0 aromatic heterocycles. The van der Waals surface area contributed by atoms with E-state index in [4.69, 9.17) is 4.74 Å². The Hall–Kier alpha value is -0.790. The zero-order chi connectivity index (χ0) is 14.3. The summed E-state index contributed by atoms with van der Waals surface area (Å²) < 4.78 is 4.90. The molecule has 0 spiro atoms. The minimum atomic E-state index is -0.163. The van der Waals surface area contributed by atoms with Gasteiger partial charge in [0.05, 0.1) is 6.61 Å². The van der Waals surface area contributed by atoms with Crippen molar-refractivity contribution in [1.82, 2.24) is 0 Å². The van der Waals surface area contributed by atoms with Crippen LogP contribution in [0.4, 0.5) is 0 Å². The van der Waals surface area contributed by atoms with Crippen molar-refractivity contribution in [2.45, 2.75) is 78.6 Å². The van der Waals surface area contributed by atoms with Crippen LogP contribution in [0.5, 0.6) is 0 Å². The molecule has 0 bridgehead atoms. The maximum Gasteiger partial charge on any atom is 0.302 e. The highest BCUT2D eigenvalue weighted by atomic mass is 16.5. The predicted octanol–water partition coefficient (Wildman–Crippen LogP) is 5.27. The van der Waals surface area contributed by atoms with E-state index < -0.39 is 0 Å². The molecule has 0 saturated heterocycles. The molecule has 0 fully saturated rings. The molecule has 0 saturated carbocycles. The van der Waals surface area contributed by atoms with E-state index in [1.54, 1.807) is 0 Å². The van der Waals surface area contributed by atoms with Gasteiger partial charge in [-0.1, -0.05) is 64.5 Å². The molecule has 0 aromatic rings. The summed E-state index contributed by atoms with van der Waals surface area (Å²) in [6.45, 7) is 6.60. The predicted molar refractivity (Wildman–Crippen MR) is 82.2 cm³/mol. The average molecular weight is 268 g/mol. The van der Waals surface area contributed by atoms with Crippen LogP contribution >= 0.6 is 0 Å². The minimum absolute atomic E-state index is 0.163. The first kappa shape index (κ1) is 18.2. The summed E-state index contributed by atoms with van der Waals surface area (Å²) in [6.07, 6.45) is 15.9. The highest BCUT2D eigenvalue weighted by Gasteiger charge is 1.98. The molecule has 0 radical (unpaired) electrons. The maximum atomic E-state index is 10.6. The third kappa shape index (κ3) is 15.2. The van der Waals surface area contributed by atoms with Gasteiger partial charge in [-0.05, 0) is 25.2 Å². The number of ether oxygens (including phenoxy) is 1. The van der Waals surface area contributed by atoms with Crippen LogP contribution < -0.4 is 0 Å². The van der Waals surface area contributed by atoms with Crippen LogP contribution in [-0.2, 0) is 9.53 Å². The molecule has 0 aliphatic carbocycles. The van der Waals surface area contributed by atoms with Crippen LogP contribution in [-0.4, -0.2) is 12.6 Å². The Morgan fingerprint density at radius 2 is 1.79 bits per heavy atom. The Kier molecular flexibility index (Phi) is 13.1. The number of allylic oxidation sites excluding steroid dienone is 2. The standard InChI is InChI=1S/C17H32O2/c1-4-5-6-10-13-16(2)14-11-8-7-9-12-15-19-17(3)18/h10,13,16H,4-9,11-12,14-15H2,1-3H3/b13-10-. The molecule has 0 amide bonds. The molecule has 19 heavy (non-hydrogen) atoms. The summed E-state index contributed by atoms with van der Waals surface area (Å²) in [5.41, 5.74) is 0. The van der Waals surface area contributed by atoms with E-state index >= 15 is 0 Å². The lowest BCUT2D eigenvalue weighted by atomic mass is 10.0. The first-order chi connectivity index (χ1) is 9.16. The molecule has 0 heterocycles. The van der Waals surface area contributed by atoms with Crippen molar-refractivity contribution in [3.63, 3.8) is 0 Å². The summed E-state index contributed by atoms with van der Waals surface area (Å²) in [5, 5.41) is 0. The smallest absolute Gasteiger partial charge is 0.302 e. The van der Waals surface area contributed by atoms with Gasteiger partial charge < -0.3 is 4.74 Å². The molecule has 0 aliphatic rings. The summed E-state index contributed by atoms with van der Waals surface area (Å²) in [5.74, 6) is 0.557. The molecule has 0 rings (SSSR count). The van der Waals surface area contributed by atoms with Crippen LogP contribution in [0.15, 0.2) is 12.2 Å². The number of esters is 1. The van der Waals surface area contributed by atoms with Gasteiger partial charge in [-0.3, -0.25) is 4.79 Å². The van der Waals surface area contributed by atoms with Gasteiger partial charge in [-0.25, -0.2) is 0 Å². The molecule has 0 N–H and O–H groups in total.